The molecule has 0 unspecified atom stereocenters. The van der Waals surface area contributed by atoms with Crippen LogP contribution in [0.15, 0.2) is 0 Å². The summed E-state index contributed by atoms with van der Waals surface area (Å²) in [5.74, 6) is 8.13. The van der Waals surface area contributed by atoms with Gasteiger partial charge in [-0.15, -0.1) is 0 Å². The summed E-state index contributed by atoms with van der Waals surface area (Å²) in [6, 6.07) is 0. The minimum absolute atomic E-state index is 1.34. The third-order valence-corrected chi connectivity index (χ3v) is 5.67. The van der Waals surface area contributed by atoms with Gasteiger partial charge in [-0.05, 0) is 24.3 Å². The first-order valence-electron chi connectivity index (χ1n) is 6.15. The van der Waals surface area contributed by atoms with Crippen molar-refractivity contribution in [2.24, 2.45) is 0 Å². The van der Waals surface area contributed by atoms with Crippen LogP contribution in [0.1, 0.15) is 39.5 Å². The maximum Gasteiger partial charge on any atom is 0.00238 e. The van der Waals surface area contributed by atoms with Gasteiger partial charge in [0, 0.05) is 23.0 Å². The van der Waals surface area contributed by atoms with Crippen molar-refractivity contribution in [3.05, 3.63) is 0 Å². The van der Waals surface area contributed by atoms with Gasteiger partial charge in [0.05, 0.1) is 0 Å². The minimum Gasteiger partial charge on any atom is -0.161 e. The molecule has 0 aliphatic heterocycles. The van der Waals surface area contributed by atoms with Crippen molar-refractivity contribution in [2.75, 3.05) is 34.5 Å². The molecule has 0 aromatic heterocycles. The highest BCUT2D eigenvalue weighted by Crippen LogP contribution is 2.12. The molecule has 0 saturated carbocycles. The molecule has 0 heterocycles. The first-order valence-corrected chi connectivity index (χ1v) is 9.61. The van der Waals surface area contributed by atoms with Gasteiger partial charge in [-0.3, -0.25) is 0 Å². The van der Waals surface area contributed by atoms with Gasteiger partial charge >= 0.3 is 0 Å². The van der Waals surface area contributed by atoms with Crippen LogP contribution >= 0.6 is 35.3 Å². The van der Waals surface area contributed by atoms with Crippen molar-refractivity contribution < 1.29 is 0 Å². The predicted octanol–water partition coefficient (Wildman–Crippen LogP) is 4.79. The molecule has 0 atom stereocenters. The van der Waals surface area contributed by atoms with Crippen LogP contribution in [0.5, 0.6) is 0 Å². The van der Waals surface area contributed by atoms with E-state index in [2.05, 4.69) is 49.1 Å². The van der Waals surface area contributed by atoms with Crippen molar-refractivity contribution >= 4 is 35.3 Å². The lowest BCUT2D eigenvalue weighted by molar-refractivity contribution is 0.896. The van der Waals surface area contributed by atoms with Crippen molar-refractivity contribution in [1.82, 2.24) is 0 Å². The Bertz CT molecular complexity index is 95.0. The second kappa shape index (κ2) is 15.0. The van der Waals surface area contributed by atoms with E-state index in [-0.39, 0.29) is 0 Å². The van der Waals surface area contributed by atoms with Crippen molar-refractivity contribution in [1.29, 1.82) is 0 Å². The first kappa shape index (κ1) is 16.1. The lowest BCUT2D eigenvalue weighted by Gasteiger charge is -2.02. The highest BCUT2D eigenvalue weighted by Gasteiger charge is 1.92. The topological polar surface area (TPSA) is 0 Å². The Morgan fingerprint density at radius 1 is 0.533 bits per heavy atom. The molecule has 3 heteroatoms. The molecule has 0 bridgehead atoms. The molecule has 0 saturated heterocycles. The van der Waals surface area contributed by atoms with E-state index in [1.165, 1.54) is 60.2 Å². The van der Waals surface area contributed by atoms with Gasteiger partial charge in [0.2, 0.25) is 0 Å². The predicted molar refractivity (Wildman–Crippen MR) is 81.8 cm³/mol. The average molecular weight is 267 g/mol. The Morgan fingerprint density at radius 3 is 1.20 bits per heavy atom. The zero-order valence-electron chi connectivity index (χ0n) is 10.3. The quantitative estimate of drug-likeness (QED) is 0.466. The number of thioether (sulfide) groups is 3. The summed E-state index contributed by atoms with van der Waals surface area (Å²) in [6.45, 7) is 4.53. The lowest BCUT2D eigenvalue weighted by atomic mass is 10.4. The van der Waals surface area contributed by atoms with Crippen molar-refractivity contribution in [2.45, 2.75) is 39.5 Å². The molecule has 0 aliphatic rings. The standard InChI is InChI=1S/C12H26S3/c1-3-5-7-13-9-11-15-12-10-14-8-6-4-2/h3-12H2,1-2H3. The number of hydrogen-bond donors (Lipinski definition) is 0. The normalized spacial score (nSPS) is 10.8. The summed E-state index contributed by atoms with van der Waals surface area (Å²) < 4.78 is 0. The van der Waals surface area contributed by atoms with Crippen LogP contribution in [0, 0.1) is 0 Å². The van der Waals surface area contributed by atoms with E-state index in [4.69, 9.17) is 0 Å². The van der Waals surface area contributed by atoms with Crippen LogP contribution < -0.4 is 0 Å². The Kier molecular flexibility index (Phi) is 16.1. The molecule has 0 aromatic rings. The number of unbranched alkanes of at least 4 members (excludes halogenated alkanes) is 2. The number of rotatable bonds is 12. The van der Waals surface area contributed by atoms with E-state index in [0.29, 0.717) is 0 Å². The van der Waals surface area contributed by atoms with Gasteiger partial charge in [0.1, 0.15) is 0 Å². The second-order valence-electron chi connectivity index (χ2n) is 3.54. The fourth-order valence-corrected chi connectivity index (χ4v) is 4.52. The Morgan fingerprint density at radius 2 is 0.867 bits per heavy atom. The molecule has 92 valence electrons. The highest BCUT2D eigenvalue weighted by molar-refractivity contribution is 8.04. The Balaban J connectivity index is 2.81. The molecule has 0 radical (unpaired) electrons. The van der Waals surface area contributed by atoms with Gasteiger partial charge in [0.25, 0.3) is 0 Å². The summed E-state index contributed by atoms with van der Waals surface area (Å²) in [6.07, 6.45) is 5.47. The summed E-state index contributed by atoms with van der Waals surface area (Å²) >= 11 is 6.37. The van der Waals surface area contributed by atoms with E-state index in [1.807, 2.05) is 0 Å². The monoisotopic (exact) mass is 266 g/mol. The maximum absolute atomic E-state index is 2.27. The minimum atomic E-state index is 1.34. The summed E-state index contributed by atoms with van der Waals surface area (Å²) in [7, 11) is 0. The third kappa shape index (κ3) is 15.1. The van der Waals surface area contributed by atoms with Crippen LogP contribution in [0.4, 0.5) is 0 Å². The van der Waals surface area contributed by atoms with Gasteiger partial charge in [-0.25, -0.2) is 0 Å². The van der Waals surface area contributed by atoms with Crippen LogP contribution in [0.3, 0.4) is 0 Å². The molecule has 0 N–H and O–H groups in total. The Hall–Kier alpha value is 1.05. The summed E-state index contributed by atoms with van der Waals surface area (Å²) in [5, 5.41) is 0. The largest absolute Gasteiger partial charge is 0.161 e. The lowest BCUT2D eigenvalue weighted by Crippen LogP contribution is -1.91. The van der Waals surface area contributed by atoms with Gasteiger partial charge < -0.3 is 0 Å². The highest BCUT2D eigenvalue weighted by atomic mass is 32.2. The summed E-state index contributed by atoms with van der Waals surface area (Å²) in [5.41, 5.74) is 0. The van der Waals surface area contributed by atoms with Gasteiger partial charge in [-0.2, -0.15) is 35.3 Å². The van der Waals surface area contributed by atoms with Crippen molar-refractivity contribution in [3.63, 3.8) is 0 Å². The molecule has 0 spiro atoms. The van der Waals surface area contributed by atoms with Crippen LogP contribution in [-0.2, 0) is 0 Å². The van der Waals surface area contributed by atoms with E-state index in [9.17, 15) is 0 Å². The molecular weight excluding hydrogens is 240 g/mol. The molecule has 0 fully saturated rings. The summed E-state index contributed by atoms with van der Waals surface area (Å²) in [4.78, 5) is 0. The molecule has 15 heavy (non-hydrogen) atoms. The fraction of sp³-hybridized carbons (Fsp3) is 1.00. The van der Waals surface area contributed by atoms with E-state index >= 15 is 0 Å². The molecule has 0 aromatic carbocycles. The molecular formula is C12H26S3. The first-order chi connectivity index (χ1) is 7.41. The van der Waals surface area contributed by atoms with Gasteiger partial charge in [-0.1, -0.05) is 26.7 Å². The Labute approximate surface area is 109 Å². The SMILES string of the molecule is CCCCSCCSCCSCCCC. The molecule has 0 rings (SSSR count). The fourth-order valence-electron chi connectivity index (χ4n) is 1.03. The third-order valence-electron chi connectivity index (χ3n) is 2.03. The zero-order valence-corrected chi connectivity index (χ0v) is 12.7. The molecule has 0 aliphatic carbocycles. The van der Waals surface area contributed by atoms with E-state index in [1.54, 1.807) is 0 Å². The smallest absolute Gasteiger partial charge is 0.00238 e. The van der Waals surface area contributed by atoms with Crippen LogP contribution in [0.25, 0.3) is 0 Å². The van der Waals surface area contributed by atoms with E-state index in [0.717, 1.165) is 0 Å². The molecule has 0 amide bonds. The number of hydrogen-bond acceptors (Lipinski definition) is 3. The van der Waals surface area contributed by atoms with Crippen LogP contribution in [0.2, 0.25) is 0 Å². The van der Waals surface area contributed by atoms with Gasteiger partial charge in [0.15, 0.2) is 0 Å². The van der Waals surface area contributed by atoms with Crippen molar-refractivity contribution in [3.8, 4) is 0 Å². The molecule has 0 nitrogen and oxygen atoms in total. The zero-order chi connectivity index (χ0) is 11.2. The maximum atomic E-state index is 2.27. The van der Waals surface area contributed by atoms with Crippen LogP contribution in [-0.4, -0.2) is 34.5 Å². The second-order valence-corrected chi connectivity index (χ2v) is 7.22. The van der Waals surface area contributed by atoms with E-state index < -0.39 is 0 Å². The average Bonchev–Trinajstić information content (AvgIpc) is 2.26.